The lowest BCUT2D eigenvalue weighted by Crippen LogP contribution is -2.25. The maximum absolute atomic E-state index is 11.9. The van der Waals surface area contributed by atoms with Crippen LogP contribution in [0.1, 0.15) is 38.8 Å². The van der Waals surface area contributed by atoms with Gasteiger partial charge < -0.3 is 4.74 Å². The summed E-state index contributed by atoms with van der Waals surface area (Å²) >= 11 is 0. The van der Waals surface area contributed by atoms with E-state index in [9.17, 15) is 14.9 Å². The summed E-state index contributed by atoms with van der Waals surface area (Å²) in [5.41, 5.74) is 4.87. The van der Waals surface area contributed by atoms with Gasteiger partial charge in [-0.3, -0.25) is 14.9 Å². The molecule has 0 aromatic heterocycles. The normalized spacial score (nSPS) is 11.8. The minimum atomic E-state index is -0.469. The number of amides is 1. The molecule has 1 amide bonds. The summed E-state index contributed by atoms with van der Waals surface area (Å²) in [6.45, 7) is 7.92. The van der Waals surface area contributed by atoms with E-state index in [1.54, 1.807) is 19.1 Å². The third kappa shape index (κ3) is 5.91. The topological polar surface area (TPSA) is 93.8 Å². The third-order valence-corrected chi connectivity index (χ3v) is 3.93. The van der Waals surface area contributed by atoms with Crippen molar-refractivity contribution in [1.29, 1.82) is 0 Å². The van der Waals surface area contributed by atoms with Gasteiger partial charge in [-0.05, 0) is 47.7 Å². The second kappa shape index (κ2) is 8.44. The minimum absolute atomic E-state index is 0.00136. The zero-order valence-electron chi connectivity index (χ0n) is 15.9. The average Bonchev–Trinajstić information content (AvgIpc) is 2.64. The predicted molar refractivity (Wildman–Crippen MR) is 104 cm³/mol. The Hall–Kier alpha value is -3.22. The summed E-state index contributed by atoms with van der Waals surface area (Å²) in [4.78, 5) is 22.1. The monoisotopic (exact) mass is 369 g/mol. The first-order valence-corrected chi connectivity index (χ1v) is 8.48. The number of hydrogen-bond donors (Lipinski definition) is 1. The molecule has 0 unspecified atom stereocenters. The molecule has 1 N–H and O–H groups in total. The Morgan fingerprint density at radius 3 is 2.22 bits per heavy atom. The summed E-state index contributed by atoms with van der Waals surface area (Å²) in [5, 5.41) is 14.7. The van der Waals surface area contributed by atoms with Crippen LogP contribution < -0.4 is 10.2 Å². The molecular formula is C20H23N3O4. The lowest BCUT2D eigenvalue weighted by molar-refractivity contribution is -0.384. The second-order valence-corrected chi connectivity index (χ2v) is 7.10. The number of rotatable bonds is 6. The van der Waals surface area contributed by atoms with E-state index in [1.807, 2.05) is 24.3 Å². The molecule has 0 saturated carbocycles. The maximum atomic E-state index is 11.9. The van der Waals surface area contributed by atoms with E-state index in [1.165, 1.54) is 17.7 Å². The van der Waals surface area contributed by atoms with Crippen LogP contribution in [-0.2, 0) is 10.2 Å². The summed E-state index contributed by atoms with van der Waals surface area (Å²) in [6, 6.07) is 13.6. The van der Waals surface area contributed by atoms with Gasteiger partial charge in [0.1, 0.15) is 5.75 Å². The molecule has 2 aromatic rings. The number of nitrogens with zero attached hydrogens (tertiary/aromatic N) is 2. The number of non-ortho nitro benzene ring substituents is 1. The van der Waals surface area contributed by atoms with Crippen LogP contribution in [0.2, 0.25) is 0 Å². The summed E-state index contributed by atoms with van der Waals surface area (Å²) < 4.78 is 5.46. The van der Waals surface area contributed by atoms with Crippen molar-refractivity contribution >= 4 is 17.3 Å². The van der Waals surface area contributed by atoms with Gasteiger partial charge in [-0.2, -0.15) is 5.10 Å². The minimum Gasteiger partial charge on any atom is -0.484 e. The third-order valence-electron chi connectivity index (χ3n) is 3.93. The molecule has 0 aliphatic heterocycles. The fraction of sp³-hybridized carbons (Fsp3) is 0.300. The molecule has 0 aliphatic carbocycles. The average molecular weight is 369 g/mol. The van der Waals surface area contributed by atoms with Crippen molar-refractivity contribution in [2.24, 2.45) is 5.10 Å². The standard InChI is InChI=1S/C20H23N3O4/c1-14(15-5-9-17(10-6-15)23(25)26)21-22-19(24)13-27-18-11-7-16(8-12-18)20(2,3)4/h5-12H,13H2,1-4H3,(H,22,24). The van der Waals surface area contributed by atoms with Crippen molar-refractivity contribution < 1.29 is 14.5 Å². The number of nitrogens with one attached hydrogen (secondary N) is 1. The Morgan fingerprint density at radius 2 is 1.70 bits per heavy atom. The van der Waals surface area contributed by atoms with Gasteiger partial charge in [-0.1, -0.05) is 32.9 Å². The van der Waals surface area contributed by atoms with E-state index in [0.29, 0.717) is 17.0 Å². The van der Waals surface area contributed by atoms with Gasteiger partial charge in [0.25, 0.3) is 11.6 Å². The van der Waals surface area contributed by atoms with Crippen molar-refractivity contribution in [3.05, 3.63) is 69.8 Å². The number of carbonyl (C=O) groups excluding carboxylic acids is 1. The molecule has 0 saturated heterocycles. The van der Waals surface area contributed by atoms with Gasteiger partial charge in [0.05, 0.1) is 10.6 Å². The zero-order chi connectivity index (χ0) is 20.0. The fourth-order valence-corrected chi connectivity index (χ4v) is 2.27. The smallest absolute Gasteiger partial charge is 0.277 e. The van der Waals surface area contributed by atoms with Crippen LogP contribution >= 0.6 is 0 Å². The van der Waals surface area contributed by atoms with E-state index >= 15 is 0 Å². The number of carbonyl (C=O) groups is 1. The van der Waals surface area contributed by atoms with E-state index in [0.717, 1.165) is 0 Å². The van der Waals surface area contributed by atoms with Crippen LogP contribution in [0.5, 0.6) is 5.75 Å². The number of nitro groups is 1. The Labute approximate surface area is 158 Å². The molecule has 2 aromatic carbocycles. The number of hydrogen-bond acceptors (Lipinski definition) is 5. The van der Waals surface area contributed by atoms with Gasteiger partial charge in [0.15, 0.2) is 6.61 Å². The Morgan fingerprint density at radius 1 is 1.11 bits per heavy atom. The Balaban J connectivity index is 1.88. The van der Waals surface area contributed by atoms with Crippen molar-refractivity contribution in [3.8, 4) is 5.75 Å². The zero-order valence-corrected chi connectivity index (χ0v) is 15.9. The largest absolute Gasteiger partial charge is 0.484 e. The molecule has 7 nitrogen and oxygen atoms in total. The molecule has 0 aliphatic rings. The molecule has 0 spiro atoms. The van der Waals surface area contributed by atoms with Crippen LogP contribution in [-0.4, -0.2) is 23.1 Å². The highest BCUT2D eigenvalue weighted by Crippen LogP contribution is 2.24. The van der Waals surface area contributed by atoms with Gasteiger partial charge in [0, 0.05) is 12.1 Å². The van der Waals surface area contributed by atoms with Crippen molar-refractivity contribution in [2.45, 2.75) is 33.1 Å². The van der Waals surface area contributed by atoms with Crippen molar-refractivity contribution in [1.82, 2.24) is 5.43 Å². The fourth-order valence-electron chi connectivity index (χ4n) is 2.27. The van der Waals surface area contributed by atoms with E-state index in [-0.39, 0.29) is 17.7 Å². The molecule has 2 rings (SSSR count). The Kier molecular flexibility index (Phi) is 6.28. The molecule has 142 valence electrons. The molecule has 27 heavy (non-hydrogen) atoms. The molecule has 0 bridgehead atoms. The van der Waals surface area contributed by atoms with Crippen LogP contribution in [0.4, 0.5) is 5.69 Å². The molecular weight excluding hydrogens is 346 g/mol. The highest BCUT2D eigenvalue weighted by atomic mass is 16.6. The highest BCUT2D eigenvalue weighted by molar-refractivity contribution is 5.99. The number of ether oxygens (including phenoxy) is 1. The van der Waals surface area contributed by atoms with Crippen molar-refractivity contribution in [3.63, 3.8) is 0 Å². The molecule has 0 heterocycles. The lowest BCUT2D eigenvalue weighted by Gasteiger charge is -2.19. The van der Waals surface area contributed by atoms with Crippen molar-refractivity contribution in [2.75, 3.05) is 6.61 Å². The number of hydrazone groups is 1. The van der Waals surface area contributed by atoms with Crippen LogP contribution in [0.25, 0.3) is 0 Å². The van der Waals surface area contributed by atoms with Crippen LogP contribution in [0.3, 0.4) is 0 Å². The summed E-state index contributed by atoms with van der Waals surface area (Å²) in [5.74, 6) is 0.213. The highest BCUT2D eigenvalue weighted by Gasteiger charge is 2.13. The summed E-state index contributed by atoms with van der Waals surface area (Å²) in [6.07, 6.45) is 0. The Bertz CT molecular complexity index is 835. The van der Waals surface area contributed by atoms with Gasteiger partial charge in [0.2, 0.25) is 0 Å². The first-order chi connectivity index (χ1) is 12.7. The van der Waals surface area contributed by atoms with Gasteiger partial charge >= 0.3 is 0 Å². The molecule has 0 atom stereocenters. The van der Waals surface area contributed by atoms with E-state index < -0.39 is 10.8 Å². The second-order valence-electron chi connectivity index (χ2n) is 7.10. The van der Waals surface area contributed by atoms with Crippen LogP contribution in [0, 0.1) is 10.1 Å². The van der Waals surface area contributed by atoms with E-state index in [4.69, 9.17) is 4.74 Å². The molecule has 0 radical (unpaired) electrons. The van der Waals surface area contributed by atoms with Gasteiger partial charge in [-0.15, -0.1) is 0 Å². The first-order valence-electron chi connectivity index (χ1n) is 8.48. The van der Waals surface area contributed by atoms with Gasteiger partial charge in [-0.25, -0.2) is 5.43 Å². The SMILES string of the molecule is CC(=NNC(=O)COc1ccc(C(C)(C)C)cc1)c1ccc([N+](=O)[O-])cc1. The van der Waals surface area contributed by atoms with Crippen LogP contribution in [0.15, 0.2) is 53.6 Å². The first kappa shape index (κ1) is 20.1. The quantitative estimate of drug-likeness (QED) is 0.476. The lowest BCUT2D eigenvalue weighted by atomic mass is 9.87. The maximum Gasteiger partial charge on any atom is 0.277 e. The molecule has 0 fully saturated rings. The predicted octanol–water partition coefficient (Wildman–Crippen LogP) is 3.81. The number of nitro benzene ring substituents is 1. The number of benzene rings is 2. The summed E-state index contributed by atoms with van der Waals surface area (Å²) in [7, 11) is 0. The van der Waals surface area contributed by atoms with E-state index in [2.05, 4.69) is 31.3 Å². The molecule has 7 heteroatoms.